The van der Waals surface area contributed by atoms with Gasteiger partial charge in [0.25, 0.3) is 11.5 Å². The first-order valence-electron chi connectivity index (χ1n) is 10.4. The molecule has 4 aromatic rings. The van der Waals surface area contributed by atoms with E-state index >= 15 is 0 Å². The van der Waals surface area contributed by atoms with Crippen molar-refractivity contribution in [2.45, 2.75) is 6.54 Å². The summed E-state index contributed by atoms with van der Waals surface area (Å²) in [6.45, 7) is 3.66. The molecule has 0 aliphatic carbocycles. The molecule has 0 spiro atoms. The van der Waals surface area contributed by atoms with Gasteiger partial charge >= 0.3 is 0 Å². The lowest BCUT2D eigenvalue weighted by Crippen LogP contribution is -2.39. The number of halogens is 1. The Kier molecular flexibility index (Phi) is 5.54. The third-order valence-corrected chi connectivity index (χ3v) is 6.45. The van der Waals surface area contributed by atoms with Crippen LogP contribution in [0, 0.1) is 5.82 Å². The molecule has 1 aliphatic heterocycles. The Hall–Kier alpha value is -4.11. The van der Waals surface area contributed by atoms with Gasteiger partial charge in [-0.3, -0.25) is 19.0 Å². The number of ketones is 1. The lowest BCUT2D eigenvalue weighted by Gasteiger charge is -2.28. The molecule has 1 amide bonds. The van der Waals surface area contributed by atoms with Gasteiger partial charge in [-0.05, 0) is 35.9 Å². The first-order chi connectivity index (χ1) is 16.5. The van der Waals surface area contributed by atoms with E-state index in [0.717, 1.165) is 0 Å². The highest BCUT2D eigenvalue weighted by Crippen LogP contribution is 2.33. The van der Waals surface area contributed by atoms with E-state index in [1.807, 2.05) is 0 Å². The minimum atomic E-state index is -0.367. The summed E-state index contributed by atoms with van der Waals surface area (Å²) < 4.78 is 20.1. The number of ether oxygens (including phenoxy) is 1. The molecule has 34 heavy (non-hydrogen) atoms. The van der Waals surface area contributed by atoms with Crippen LogP contribution in [0.25, 0.3) is 21.3 Å². The lowest BCUT2D eigenvalue weighted by molar-refractivity contribution is -0.121. The Bertz CT molecular complexity index is 1510. The highest BCUT2D eigenvalue weighted by atomic mass is 32.1. The van der Waals surface area contributed by atoms with Gasteiger partial charge in [0, 0.05) is 23.1 Å². The number of thiophene rings is 1. The average Bonchev–Trinajstić information content (AvgIpc) is 3.28. The molecule has 0 N–H and O–H groups in total. The van der Waals surface area contributed by atoms with Gasteiger partial charge in [0.1, 0.15) is 16.4 Å². The number of anilines is 1. The molecule has 0 saturated heterocycles. The number of nitrogens with zero attached hydrogens (tertiary/aromatic N) is 3. The summed E-state index contributed by atoms with van der Waals surface area (Å²) in [7, 11) is 0. The van der Waals surface area contributed by atoms with Crippen LogP contribution in [0.3, 0.4) is 0 Å². The quantitative estimate of drug-likeness (QED) is 0.310. The molecule has 0 bridgehead atoms. The normalized spacial score (nSPS) is 13.0. The zero-order valence-electron chi connectivity index (χ0n) is 17.9. The number of Topliss-reactive ketones (excluding diaryl/α,β-unsaturated/α-hetero) is 1. The maximum absolute atomic E-state index is 13.3. The minimum absolute atomic E-state index is 0.0771. The average molecular weight is 476 g/mol. The van der Waals surface area contributed by atoms with Crippen LogP contribution in [0.1, 0.15) is 10.4 Å². The van der Waals surface area contributed by atoms with Crippen molar-refractivity contribution in [1.29, 1.82) is 0 Å². The summed E-state index contributed by atoms with van der Waals surface area (Å²) in [5.41, 5.74) is 1.80. The molecule has 2 aromatic heterocycles. The number of hydrogen-bond donors (Lipinski definition) is 0. The monoisotopic (exact) mass is 475 g/mol. The predicted molar refractivity (Wildman–Crippen MR) is 128 cm³/mol. The molecule has 9 heteroatoms. The number of benzene rings is 2. The molecule has 0 atom stereocenters. The van der Waals surface area contributed by atoms with Gasteiger partial charge in [-0.25, -0.2) is 9.37 Å². The Balaban J connectivity index is 1.49. The van der Waals surface area contributed by atoms with Crippen LogP contribution in [0.15, 0.2) is 71.6 Å². The number of amides is 1. The Morgan fingerprint density at radius 3 is 2.76 bits per heavy atom. The van der Waals surface area contributed by atoms with Crippen molar-refractivity contribution in [2.24, 2.45) is 0 Å². The summed E-state index contributed by atoms with van der Waals surface area (Å²) in [5, 5.41) is 2.18. The molecule has 3 heterocycles. The number of carbonyl (C=O) groups excluding carboxylic acids is 2. The molecule has 0 unspecified atom stereocenters. The molecule has 0 radical (unpaired) electrons. The minimum Gasteiger partial charge on any atom is -0.482 e. The third kappa shape index (κ3) is 3.80. The van der Waals surface area contributed by atoms with Gasteiger partial charge in [-0.1, -0.05) is 18.2 Å². The van der Waals surface area contributed by atoms with E-state index in [2.05, 4.69) is 11.6 Å². The Morgan fingerprint density at radius 1 is 1.21 bits per heavy atom. The first-order valence-corrected chi connectivity index (χ1v) is 11.3. The SMILES string of the molecule is C=CCN1C(=O)COc2ccc(C(=O)Cn3cnc4scc(-c5ccc(F)cc5)c4c3=O)cc21. The van der Waals surface area contributed by atoms with Gasteiger partial charge in [0.2, 0.25) is 0 Å². The lowest BCUT2D eigenvalue weighted by atomic mass is 10.1. The van der Waals surface area contributed by atoms with Crippen LogP contribution in [0.5, 0.6) is 5.75 Å². The summed E-state index contributed by atoms with van der Waals surface area (Å²) in [4.78, 5) is 44.9. The fourth-order valence-electron chi connectivity index (χ4n) is 3.87. The second kappa shape index (κ2) is 8.68. The van der Waals surface area contributed by atoms with Crippen molar-refractivity contribution < 1.29 is 18.7 Å². The number of rotatable bonds is 6. The molecule has 1 aliphatic rings. The third-order valence-electron chi connectivity index (χ3n) is 5.57. The molecule has 0 fully saturated rings. The fraction of sp³-hybridized carbons (Fsp3) is 0.120. The molecule has 5 rings (SSSR count). The van der Waals surface area contributed by atoms with Crippen molar-refractivity contribution in [2.75, 3.05) is 18.1 Å². The summed E-state index contributed by atoms with van der Waals surface area (Å²) >= 11 is 1.31. The second-order valence-corrected chi connectivity index (χ2v) is 8.56. The van der Waals surface area contributed by atoms with Crippen LogP contribution in [-0.4, -0.2) is 34.4 Å². The van der Waals surface area contributed by atoms with E-state index in [4.69, 9.17) is 4.74 Å². The number of carbonyl (C=O) groups is 2. The predicted octanol–water partition coefficient (Wildman–Crippen LogP) is 4.06. The van der Waals surface area contributed by atoms with Gasteiger partial charge < -0.3 is 9.64 Å². The van der Waals surface area contributed by atoms with Crippen LogP contribution in [0.2, 0.25) is 0 Å². The van der Waals surface area contributed by atoms with Crippen molar-refractivity contribution in [3.63, 3.8) is 0 Å². The Morgan fingerprint density at radius 2 is 2.00 bits per heavy atom. The summed E-state index contributed by atoms with van der Waals surface area (Å²) in [6.07, 6.45) is 2.95. The molecular weight excluding hydrogens is 457 g/mol. The van der Waals surface area contributed by atoms with Crippen LogP contribution >= 0.6 is 11.3 Å². The number of aromatic nitrogens is 2. The van der Waals surface area contributed by atoms with Gasteiger partial charge in [-0.2, -0.15) is 0 Å². The van der Waals surface area contributed by atoms with Crippen molar-refractivity contribution in [1.82, 2.24) is 9.55 Å². The van der Waals surface area contributed by atoms with E-state index in [1.165, 1.54) is 39.3 Å². The van der Waals surface area contributed by atoms with E-state index in [1.54, 1.807) is 41.8 Å². The largest absolute Gasteiger partial charge is 0.482 e. The summed E-state index contributed by atoms with van der Waals surface area (Å²) in [6, 6.07) is 10.7. The van der Waals surface area contributed by atoms with Gasteiger partial charge in [0.15, 0.2) is 12.4 Å². The zero-order valence-corrected chi connectivity index (χ0v) is 18.7. The van der Waals surface area contributed by atoms with Crippen LogP contribution in [0.4, 0.5) is 10.1 Å². The first kappa shape index (κ1) is 21.7. The zero-order chi connectivity index (χ0) is 23.8. The van der Waals surface area contributed by atoms with Crippen LogP contribution in [-0.2, 0) is 11.3 Å². The van der Waals surface area contributed by atoms with Crippen LogP contribution < -0.4 is 15.2 Å². The Labute approximate surface area is 197 Å². The standard InChI is InChI=1S/C25H18FN3O4S/c1-2-9-29-19-10-16(5-8-21(19)33-12-22(29)31)20(30)11-28-14-27-24-23(25(28)32)18(13-34-24)15-3-6-17(26)7-4-15/h2-8,10,13-14H,1,9,11-12H2. The molecule has 2 aromatic carbocycles. The highest BCUT2D eigenvalue weighted by Gasteiger charge is 2.26. The van der Waals surface area contributed by atoms with Gasteiger partial charge in [0.05, 0.1) is 23.9 Å². The number of fused-ring (bicyclic) bond motifs is 2. The molecule has 7 nitrogen and oxygen atoms in total. The van der Waals surface area contributed by atoms with E-state index < -0.39 is 0 Å². The van der Waals surface area contributed by atoms with Gasteiger partial charge in [-0.15, -0.1) is 17.9 Å². The topological polar surface area (TPSA) is 81.5 Å². The molecule has 170 valence electrons. The maximum atomic E-state index is 13.3. The van der Waals surface area contributed by atoms with E-state index in [9.17, 15) is 18.8 Å². The van der Waals surface area contributed by atoms with Crippen molar-refractivity contribution >= 4 is 38.9 Å². The van der Waals surface area contributed by atoms with Crippen molar-refractivity contribution in [3.8, 4) is 16.9 Å². The summed E-state index contributed by atoms with van der Waals surface area (Å²) in [5.74, 6) is -0.413. The van der Waals surface area contributed by atoms with E-state index in [0.29, 0.717) is 38.3 Å². The van der Waals surface area contributed by atoms with E-state index in [-0.39, 0.29) is 42.8 Å². The fourth-order valence-corrected chi connectivity index (χ4v) is 4.78. The highest BCUT2D eigenvalue weighted by molar-refractivity contribution is 7.17. The number of hydrogen-bond acceptors (Lipinski definition) is 6. The molecule has 0 saturated carbocycles. The van der Waals surface area contributed by atoms with Crippen molar-refractivity contribution in [3.05, 3.63) is 88.6 Å². The second-order valence-electron chi connectivity index (χ2n) is 7.70. The molecular formula is C25H18FN3O4S. The maximum Gasteiger partial charge on any atom is 0.265 e. The smallest absolute Gasteiger partial charge is 0.265 e.